The molecule has 4 heteroatoms. The van der Waals surface area contributed by atoms with Crippen molar-refractivity contribution in [2.75, 3.05) is 7.11 Å². The van der Waals surface area contributed by atoms with E-state index in [0.717, 1.165) is 0 Å². The maximum Gasteiger partial charge on any atom is 0.221 e. The van der Waals surface area contributed by atoms with Gasteiger partial charge in [-0.05, 0) is 29.7 Å². The van der Waals surface area contributed by atoms with Crippen molar-refractivity contribution in [1.82, 2.24) is 0 Å². The highest BCUT2D eigenvalue weighted by Gasteiger charge is 2.04. The number of hydrogen-bond acceptors (Lipinski definition) is 3. The Morgan fingerprint density at radius 2 is 2.29 bits per heavy atom. The molecule has 1 N–H and O–H groups in total. The Hall–Kier alpha value is -1.22. The monoisotopic (exact) mass is 214 g/mol. The van der Waals surface area contributed by atoms with Crippen LogP contribution in [0.2, 0.25) is 0 Å². The fourth-order valence-electron chi connectivity index (χ4n) is 1.11. The first-order chi connectivity index (χ1) is 6.63. The zero-order chi connectivity index (χ0) is 10.6. The van der Waals surface area contributed by atoms with Crippen LogP contribution in [-0.4, -0.2) is 17.5 Å². The lowest BCUT2D eigenvalue weighted by atomic mass is 10.1. The summed E-state index contributed by atoms with van der Waals surface area (Å²) in [6.45, 7) is 0. The van der Waals surface area contributed by atoms with E-state index in [1.54, 1.807) is 12.1 Å². The topological polar surface area (TPSA) is 46.5 Å². The van der Waals surface area contributed by atoms with E-state index in [-0.39, 0.29) is 12.2 Å². The van der Waals surface area contributed by atoms with E-state index in [2.05, 4.69) is 0 Å². The lowest BCUT2D eigenvalue weighted by Gasteiger charge is -2.05. The third kappa shape index (κ3) is 2.92. The highest BCUT2D eigenvalue weighted by Crippen LogP contribution is 2.24. The largest absolute Gasteiger partial charge is 0.508 e. The van der Waals surface area contributed by atoms with Crippen LogP contribution in [0.25, 0.3) is 0 Å². The van der Waals surface area contributed by atoms with E-state index in [1.165, 1.54) is 13.2 Å². The molecule has 0 atom stereocenters. The molecule has 1 aromatic rings. The van der Waals surface area contributed by atoms with Crippen molar-refractivity contribution in [3.05, 3.63) is 23.8 Å². The van der Waals surface area contributed by atoms with Gasteiger partial charge in [0.25, 0.3) is 0 Å². The van der Waals surface area contributed by atoms with Crippen molar-refractivity contribution in [3.8, 4) is 11.5 Å². The number of phenolic OH excluding ortho intramolecular Hbond substituents is 1. The Morgan fingerprint density at radius 1 is 1.57 bits per heavy atom. The first-order valence-corrected chi connectivity index (χ1v) is 4.55. The average molecular weight is 215 g/mol. The maximum atomic E-state index is 10.5. The van der Waals surface area contributed by atoms with Gasteiger partial charge < -0.3 is 9.84 Å². The minimum Gasteiger partial charge on any atom is -0.508 e. The Kier molecular flexibility index (Phi) is 3.77. The number of aromatic hydroxyl groups is 1. The molecular formula is C10H11ClO3. The number of methoxy groups -OCH3 is 1. The van der Waals surface area contributed by atoms with E-state index >= 15 is 0 Å². The first kappa shape index (κ1) is 10.9. The summed E-state index contributed by atoms with van der Waals surface area (Å²) < 4.78 is 4.92. The number of benzene rings is 1. The van der Waals surface area contributed by atoms with Crippen molar-refractivity contribution < 1.29 is 14.6 Å². The van der Waals surface area contributed by atoms with Crippen LogP contribution in [0.3, 0.4) is 0 Å². The van der Waals surface area contributed by atoms with Gasteiger partial charge in [0.2, 0.25) is 5.24 Å². The van der Waals surface area contributed by atoms with Crippen molar-refractivity contribution in [2.45, 2.75) is 12.8 Å². The number of ether oxygens (including phenoxy) is 1. The smallest absolute Gasteiger partial charge is 0.221 e. The molecule has 0 radical (unpaired) electrons. The predicted molar refractivity (Wildman–Crippen MR) is 53.8 cm³/mol. The fourth-order valence-corrected chi connectivity index (χ4v) is 1.21. The van der Waals surface area contributed by atoms with Gasteiger partial charge in [0.05, 0.1) is 7.11 Å². The van der Waals surface area contributed by atoms with Crippen LogP contribution in [0.5, 0.6) is 11.5 Å². The van der Waals surface area contributed by atoms with Crippen LogP contribution >= 0.6 is 11.6 Å². The van der Waals surface area contributed by atoms with Crippen molar-refractivity contribution in [3.63, 3.8) is 0 Å². The summed E-state index contributed by atoms with van der Waals surface area (Å²) in [5, 5.41) is 9.10. The van der Waals surface area contributed by atoms with E-state index in [9.17, 15) is 9.90 Å². The van der Waals surface area contributed by atoms with Crippen molar-refractivity contribution in [1.29, 1.82) is 0 Å². The molecule has 0 aliphatic carbocycles. The third-order valence-electron chi connectivity index (χ3n) is 1.88. The summed E-state index contributed by atoms with van der Waals surface area (Å²) in [7, 11) is 1.52. The second kappa shape index (κ2) is 4.86. The normalized spacial score (nSPS) is 9.86. The second-order valence-corrected chi connectivity index (χ2v) is 3.27. The molecule has 0 amide bonds. The number of halogens is 1. The minimum absolute atomic E-state index is 0.127. The number of aryl methyl sites for hydroxylation is 1. The molecule has 0 aliphatic rings. The van der Waals surface area contributed by atoms with Gasteiger partial charge >= 0.3 is 0 Å². The van der Waals surface area contributed by atoms with Crippen LogP contribution in [0.4, 0.5) is 0 Å². The number of hydrogen-bond donors (Lipinski definition) is 1. The number of carbonyl (C=O) groups excluding carboxylic acids is 1. The van der Waals surface area contributed by atoms with Gasteiger partial charge in [-0.25, -0.2) is 0 Å². The second-order valence-electron chi connectivity index (χ2n) is 2.85. The highest BCUT2D eigenvalue weighted by molar-refractivity contribution is 6.63. The highest BCUT2D eigenvalue weighted by atomic mass is 35.5. The summed E-state index contributed by atoms with van der Waals surface area (Å²) in [5.41, 5.74) is 0.694. The summed E-state index contributed by atoms with van der Waals surface area (Å²) in [5.74, 6) is 0.714. The quantitative estimate of drug-likeness (QED) is 0.781. The van der Waals surface area contributed by atoms with Gasteiger partial charge in [-0.2, -0.15) is 0 Å². The minimum atomic E-state index is -0.403. The van der Waals surface area contributed by atoms with Gasteiger partial charge in [-0.3, -0.25) is 4.79 Å². The van der Waals surface area contributed by atoms with E-state index in [4.69, 9.17) is 16.3 Å². The summed E-state index contributed by atoms with van der Waals surface area (Å²) in [6, 6.07) is 4.95. The Morgan fingerprint density at radius 3 is 2.79 bits per heavy atom. The molecule has 76 valence electrons. The summed E-state index contributed by atoms with van der Waals surface area (Å²) in [4.78, 5) is 10.5. The lowest BCUT2D eigenvalue weighted by Crippen LogP contribution is -1.92. The fraction of sp³-hybridized carbons (Fsp3) is 0.300. The molecule has 3 nitrogen and oxygen atoms in total. The van der Waals surface area contributed by atoms with E-state index in [1.807, 2.05) is 0 Å². The number of rotatable bonds is 4. The summed E-state index contributed by atoms with van der Waals surface area (Å²) >= 11 is 5.19. The van der Waals surface area contributed by atoms with Gasteiger partial charge in [-0.1, -0.05) is 6.07 Å². The molecule has 0 bridgehead atoms. The first-order valence-electron chi connectivity index (χ1n) is 4.17. The third-order valence-corrected chi connectivity index (χ3v) is 2.07. The van der Waals surface area contributed by atoms with Crippen molar-refractivity contribution in [2.24, 2.45) is 0 Å². The van der Waals surface area contributed by atoms with Gasteiger partial charge in [0, 0.05) is 12.5 Å². The molecular weight excluding hydrogens is 204 g/mol. The zero-order valence-electron chi connectivity index (χ0n) is 7.79. The molecule has 0 fully saturated rings. The van der Waals surface area contributed by atoms with Gasteiger partial charge in [0.1, 0.15) is 11.5 Å². The lowest BCUT2D eigenvalue weighted by molar-refractivity contribution is -0.111. The molecule has 14 heavy (non-hydrogen) atoms. The molecule has 0 saturated carbocycles. The SMILES string of the molecule is COc1ccc(CCC(=O)Cl)c(O)c1. The molecule has 0 spiro atoms. The van der Waals surface area contributed by atoms with Crippen LogP contribution in [0, 0.1) is 0 Å². The number of carbonyl (C=O) groups is 1. The molecule has 0 saturated heterocycles. The zero-order valence-corrected chi connectivity index (χ0v) is 8.54. The van der Waals surface area contributed by atoms with Crippen LogP contribution in [-0.2, 0) is 11.2 Å². The molecule has 0 unspecified atom stereocenters. The van der Waals surface area contributed by atoms with E-state index in [0.29, 0.717) is 17.7 Å². The predicted octanol–water partition coefficient (Wildman–Crippen LogP) is 2.10. The molecule has 0 aromatic heterocycles. The standard InChI is InChI=1S/C10H11ClO3/c1-14-8-4-2-7(9(12)6-8)3-5-10(11)13/h2,4,6,12H,3,5H2,1H3. The van der Waals surface area contributed by atoms with Crippen molar-refractivity contribution >= 4 is 16.8 Å². The summed E-state index contributed by atoms with van der Waals surface area (Å²) in [6.07, 6.45) is 0.666. The molecule has 0 aliphatic heterocycles. The molecule has 1 aromatic carbocycles. The van der Waals surface area contributed by atoms with Crippen LogP contribution < -0.4 is 4.74 Å². The van der Waals surface area contributed by atoms with E-state index < -0.39 is 5.24 Å². The average Bonchev–Trinajstić information content (AvgIpc) is 2.15. The Labute approximate surface area is 87.3 Å². The number of phenols is 1. The maximum absolute atomic E-state index is 10.5. The van der Waals surface area contributed by atoms with Crippen LogP contribution in [0.1, 0.15) is 12.0 Å². The van der Waals surface area contributed by atoms with Gasteiger partial charge in [0.15, 0.2) is 0 Å². The van der Waals surface area contributed by atoms with Crippen LogP contribution in [0.15, 0.2) is 18.2 Å². The molecule has 1 rings (SSSR count). The van der Waals surface area contributed by atoms with Gasteiger partial charge in [-0.15, -0.1) is 0 Å². The Bertz CT molecular complexity index is 336. The molecule has 0 heterocycles. The Balaban J connectivity index is 2.73.